The second-order valence-corrected chi connectivity index (χ2v) is 0.860. The molecule has 5 nitrogen and oxygen atoms in total. The summed E-state index contributed by atoms with van der Waals surface area (Å²) in [6, 6.07) is 0. The van der Waals surface area contributed by atoms with Crippen molar-refractivity contribution in [1.29, 1.82) is 5.26 Å². The molecule has 0 aromatic heterocycles. The summed E-state index contributed by atoms with van der Waals surface area (Å²) in [6.45, 7) is 0. The van der Waals surface area contributed by atoms with Crippen LogP contribution in [0.1, 0.15) is 0 Å². The average Bonchev–Trinajstić information content (AvgIpc) is 1.69. The average molecular weight is 116 g/mol. The minimum Gasteiger partial charge on any atom is -0.463 e. The maximum absolute atomic E-state index is 9.74. The van der Waals surface area contributed by atoms with Crippen molar-refractivity contribution in [2.45, 2.75) is 0 Å². The third-order valence-electron chi connectivity index (χ3n) is 0.447. The molecule has 0 aromatic carbocycles. The maximum Gasteiger partial charge on any atom is 0.445 e. The van der Waals surface area contributed by atoms with E-state index in [2.05, 4.69) is 4.84 Å². The van der Waals surface area contributed by atoms with Crippen LogP contribution in [-0.4, -0.2) is 23.4 Å². The van der Waals surface area contributed by atoms with E-state index in [4.69, 9.17) is 10.4 Å². The summed E-state index contributed by atoms with van der Waals surface area (Å²) in [7, 11) is 1.09. The molecule has 0 aliphatic heterocycles. The van der Waals surface area contributed by atoms with E-state index in [1.807, 2.05) is 0 Å². The van der Waals surface area contributed by atoms with Crippen molar-refractivity contribution < 1.29 is 14.7 Å². The Labute approximate surface area is 45.6 Å². The van der Waals surface area contributed by atoms with Gasteiger partial charge in [0.1, 0.15) is 0 Å². The van der Waals surface area contributed by atoms with E-state index in [0.717, 1.165) is 7.11 Å². The van der Waals surface area contributed by atoms with Gasteiger partial charge in [-0.05, 0) is 0 Å². The fourth-order valence-corrected chi connectivity index (χ4v) is 0.162. The maximum atomic E-state index is 9.74. The van der Waals surface area contributed by atoms with Crippen molar-refractivity contribution in [3.05, 3.63) is 0 Å². The highest BCUT2D eigenvalue weighted by Crippen LogP contribution is 1.82. The van der Waals surface area contributed by atoms with Gasteiger partial charge in [-0.25, -0.2) is 4.79 Å². The Kier molecular flexibility index (Phi) is 2.37. The van der Waals surface area contributed by atoms with Crippen molar-refractivity contribution >= 4 is 6.09 Å². The van der Waals surface area contributed by atoms with E-state index < -0.39 is 6.09 Å². The van der Waals surface area contributed by atoms with Gasteiger partial charge >= 0.3 is 6.09 Å². The zero-order valence-electron chi connectivity index (χ0n) is 4.16. The van der Waals surface area contributed by atoms with Crippen LogP contribution < -0.4 is 0 Å². The van der Waals surface area contributed by atoms with E-state index in [0.29, 0.717) is 0 Å². The molecule has 0 aliphatic rings. The van der Waals surface area contributed by atoms with Gasteiger partial charge in [0.2, 0.25) is 6.19 Å². The Morgan fingerprint density at radius 3 is 2.50 bits per heavy atom. The van der Waals surface area contributed by atoms with Crippen molar-refractivity contribution in [2.75, 3.05) is 7.11 Å². The van der Waals surface area contributed by atoms with Gasteiger partial charge in [0.05, 0.1) is 7.11 Å². The Balaban J connectivity index is 3.76. The minimum atomic E-state index is -1.42. The molecule has 0 radical (unpaired) electrons. The summed E-state index contributed by atoms with van der Waals surface area (Å²) in [4.78, 5) is 13.8. The largest absolute Gasteiger partial charge is 0.463 e. The molecule has 1 amide bonds. The van der Waals surface area contributed by atoms with Gasteiger partial charge in [-0.15, -0.1) is 0 Å². The standard InChI is InChI=1S/C3H4N2O3/c1-8-5(2-4)3(6)7/h1H3,(H,6,7). The first-order chi connectivity index (χ1) is 3.72. The molecule has 44 valence electrons. The van der Waals surface area contributed by atoms with E-state index in [-0.39, 0.29) is 5.06 Å². The molecule has 0 fully saturated rings. The molecule has 0 spiro atoms. The molecule has 0 aromatic rings. The molecule has 8 heavy (non-hydrogen) atoms. The van der Waals surface area contributed by atoms with Crippen LogP contribution in [0.15, 0.2) is 0 Å². The topological polar surface area (TPSA) is 73.6 Å². The Hall–Kier alpha value is -1.28. The van der Waals surface area contributed by atoms with Crippen molar-refractivity contribution in [1.82, 2.24) is 5.06 Å². The van der Waals surface area contributed by atoms with Gasteiger partial charge in [-0.3, -0.25) is 4.84 Å². The van der Waals surface area contributed by atoms with Gasteiger partial charge < -0.3 is 5.11 Å². The summed E-state index contributed by atoms with van der Waals surface area (Å²) in [5, 5.41) is 16.0. The first-order valence-electron chi connectivity index (χ1n) is 1.69. The zero-order chi connectivity index (χ0) is 6.57. The van der Waals surface area contributed by atoms with Crippen molar-refractivity contribution in [3.63, 3.8) is 0 Å². The molecule has 0 heterocycles. The molecule has 0 unspecified atom stereocenters. The lowest BCUT2D eigenvalue weighted by Crippen LogP contribution is -2.22. The Morgan fingerprint density at radius 1 is 2.00 bits per heavy atom. The third kappa shape index (κ3) is 1.45. The predicted molar refractivity (Wildman–Crippen MR) is 22.5 cm³/mol. The number of nitriles is 1. The summed E-state index contributed by atoms with van der Waals surface area (Å²) in [5.41, 5.74) is 0. The second-order valence-electron chi connectivity index (χ2n) is 0.860. The fraction of sp³-hybridized carbons (Fsp3) is 0.333. The number of carbonyl (C=O) groups is 1. The Bertz CT molecular complexity index is 127. The van der Waals surface area contributed by atoms with Gasteiger partial charge in [-0.2, -0.15) is 5.26 Å². The van der Waals surface area contributed by atoms with Crippen LogP contribution in [-0.2, 0) is 4.84 Å². The molecule has 0 rings (SSSR count). The van der Waals surface area contributed by atoms with Crippen LogP contribution in [0.4, 0.5) is 4.79 Å². The molecular formula is C3H4N2O3. The van der Waals surface area contributed by atoms with Crippen molar-refractivity contribution in [3.8, 4) is 6.19 Å². The van der Waals surface area contributed by atoms with Crippen LogP contribution in [0.25, 0.3) is 0 Å². The highest BCUT2D eigenvalue weighted by atomic mass is 16.7. The van der Waals surface area contributed by atoms with Crippen LogP contribution in [0.2, 0.25) is 0 Å². The highest BCUT2D eigenvalue weighted by molar-refractivity contribution is 5.65. The molecule has 0 atom stereocenters. The van der Waals surface area contributed by atoms with Gasteiger partial charge in [0.25, 0.3) is 0 Å². The van der Waals surface area contributed by atoms with Crippen LogP contribution >= 0.6 is 0 Å². The molecular weight excluding hydrogens is 112 g/mol. The second kappa shape index (κ2) is 2.82. The number of amides is 1. The van der Waals surface area contributed by atoms with E-state index in [9.17, 15) is 4.79 Å². The molecule has 0 aliphatic carbocycles. The van der Waals surface area contributed by atoms with Gasteiger partial charge in [-0.1, -0.05) is 5.06 Å². The number of rotatable bonds is 1. The first kappa shape index (κ1) is 6.72. The summed E-state index contributed by atoms with van der Waals surface area (Å²) >= 11 is 0. The summed E-state index contributed by atoms with van der Waals surface area (Å²) in [6.07, 6.45) is -0.159. The van der Waals surface area contributed by atoms with Crippen LogP contribution in [0, 0.1) is 11.5 Å². The zero-order valence-corrected chi connectivity index (χ0v) is 4.16. The molecule has 0 saturated heterocycles. The highest BCUT2D eigenvalue weighted by Gasteiger charge is 2.06. The molecule has 5 heteroatoms. The smallest absolute Gasteiger partial charge is 0.445 e. The predicted octanol–water partition coefficient (Wildman–Crippen LogP) is 0.00888. The van der Waals surface area contributed by atoms with Gasteiger partial charge in [0.15, 0.2) is 0 Å². The third-order valence-corrected chi connectivity index (χ3v) is 0.447. The van der Waals surface area contributed by atoms with Gasteiger partial charge in [0, 0.05) is 0 Å². The summed E-state index contributed by atoms with van der Waals surface area (Å²) < 4.78 is 0. The van der Waals surface area contributed by atoms with E-state index in [1.54, 1.807) is 0 Å². The van der Waals surface area contributed by atoms with Crippen LogP contribution in [0.5, 0.6) is 0 Å². The number of hydroxylamine groups is 2. The first-order valence-corrected chi connectivity index (χ1v) is 1.69. The normalized spacial score (nSPS) is 7.50. The Morgan fingerprint density at radius 2 is 2.50 bits per heavy atom. The number of carboxylic acid groups (broad SMARTS) is 1. The quantitative estimate of drug-likeness (QED) is 0.297. The lowest BCUT2D eigenvalue weighted by atomic mass is 11.1. The monoisotopic (exact) mass is 116 g/mol. The number of hydrogen-bond acceptors (Lipinski definition) is 3. The lowest BCUT2D eigenvalue weighted by molar-refractivity contribution is -0.0558. The van der Waals surface area contributed by atoms with Crippen LogP contribution in [0.3, 0.4) is 0 Å². The van der Waals surface area contributed by atoms with E-state index >= 15 is 0 Å². The lowest BCUT2D eigenvalue weighted by Gasteiger charge is -2.01. The SMILES string of the molecule is CON(C#N)C(=O)O. The van der Waals surface area contributed by atoms with Crippen molar-refractivity contribution in [2.24, 2.45) is 0 Å². The fourth-order valence-electron chi connectivity index (χ4n) is 0.162. The van der Waals surface area contributed by atoms with E-state index in [1.165, 1.54) is 6.19 Å². The molecule has 1 N–H and O–H groups in total. The minimum absolute atomic E-state index is 0.139. The number of hydrogen-bond donors (Lipinski definition) is 1. The summed E-state index contributed by atoms with van der Waals surface area (Å²) in [5.74, 6) is 0. The molecule has 0 saturated carbocycles. The number of nitrogens with zero attached hydrogens (tertiary/aromatic N) is 2. The molecule has 0 bridgehead atoms.